The normalized spacial score (nSPS) is 17.2. The van der Waals surface area contributed by atoms with Crippen LogP contribution in [-0.2, 0) is 14.3 Å². The molecule has 0 aliphatic carbocycles. The van der Waals surface area contributed by atoms with Gasteiger partial charge in [-0.3, -0.25) is 4.79 Å². The van der Waals surface area contributed by atoms with Crippen molar-refractivity contribution in [3.63, 3.8) is 0 Å². The number of anilines is 1. The molecule has 2 rings (SSSR count). The quantitative estimate of drug-likeness (QED) is 0.790. The van der Waals surface area contributed by atoms with Gasteiger partial charge in [0.1, 0.15) is 5.60 Å². The molecule has 154 valence electrons. The van der Waals surface area contributed by atoms with E-state index >= 15 is 0 Å². The van der Waals surface area contributed by atoms with E-state index < -0.39 is 17.7 Å². The molecule has 1 fully saturated rings. The Kier molecular flexibility index (Phi) is 7.05. The standard InChI is InChI=1S/C21H30N2O5/c1-14(2)27-19(25)15-8-6-10-17(12-15)22-18(24)16-9-7-11-23(13-16)20(26)28-21(3,4)5/h6,8,10,12,14,16H,7,9,11,13H2,1-5H3,(H,22,24). The van der Waals surface area contributed by atoms with Crippen LogP contribution in [0.3, 0.4) is 0 Å². The Morgan fingerprint density at radius 1 is 1.21 bits per heavy atom. The van der Waals surface area contributed by atoms with Gasteiger partial charge in [0.15, 0.2) is 0 Å². The van der Waals surface area contributed by atoms with Gasteiger partial charge in [-0.05, 0) is 65.7 Å². The van der Waals surface area contributed by atoms with Gasteiger partial charge < -0.3 is 19.7 Å². The Labute approximate surface area is 166 Å². The lowest BCUT2D eigenvalue weighted by Crippen LogP contribution is -2.45. The van der Waals surface area contributed by atoms with Gasteiger partial charge in [-0.25, -0.2) is 9.59 Å². The first-order valence-electron chi connectivity index (χ1n) is 9.65. The Balaban J connectivity index is 1.99. The molecule has 1 heterocycles. The summed E-state index contributed by atoms with van der Waals surface area (Å²) in [6.07, 6.45) is 0.813. The van der Waals surface area contributed by atoms with Crippen molar-refractivity contribution in [3.05, 3.63) is 29.8 Å². The maximum absolute atomic E-state index is 12.7. The summed E-state index contributed by atoms with van der Waals surface area (Å²) in [6.45, 7) is 9.90. The van der Waals surface area contributed by atoms with Crippen LogP contribution in [0.2, 0.25) is 0 Å². The third-order valence-corrected chi connectivity index (χ3v) is 4.15. The van der Waals surface area contributed by atoms with Crippen molar-refractivity contribution < 1.29 is 23.9 Å². The van der Waals surface area contributed by atoms with Gasteiger partial charge in [0.05, 0.1) is 17.6 Å². The maximum Gasteiger partial charge on any atom is 0.410 e. The van der Waals surface area contributed by atoms with E-state index in [1.54, 1.807) is 43.0 Å². The van der Waals surface area contributed by atoms with Crippen LogP contribution in [0.15, 0.2) is 24.3 Å². The average Bonchev–Trinajstić information content (AvgIpc) is 2.60. The topological polar surface area (TPSA) is 84.9 Å². The predicted molar refractivity (Wildman–Crippen MR) is 106 cm³/mol. The summed E-state index contributed by atoms with van der Waals surface area (Å²) in [5.41, 5.74) is 0.334. The van der Waals surface area contributed by atoms with Crippen molar-refractivity contribution >= 4 is 23.7 Å². The van der Waals surface area contributed by atoms with Crippen LogP contribution >= 0.6 is 0 Å². The summed E-state index contributed by atoms with van der Waals surface area (Å²) in [4.78, 5) is 38.6. The number of rotatable bonds is 4. The number of hydrogen-bond acceptors (Lipinski definition) is 5. The number of nitrogens with one attached hydrogen (secondary N) is 1. The monoisotopic (exact) mass is 390 g/mol. The largest absolute Gasteiger partial charge is 0.459 e. The summed E-state index contributed by atoms with van der Waals surface area (Å²) in [6, 6.07) is 6.65. The van der Waals surface area contributed by atoms with Gasteiger partial charge >= 0.3 is 12.1 Å². The highest BCUT2D eigenvalue weighted by Crippen LogP contribution is 2.21. The highest BCUT2D eigenvalue weighted by atomic mass is 16.6. The lowest BCUT2D eigenvalue weighted by atomic mass is 9.97. The fourth-order valence-electron chi connectivity index (χ4n) is 2.93. The first kappa shape index (κ1) is 21.7. The van der Waals surface area contributed by atoms with Crippen LogP contribution in [0, 0.1) is 5.92 Å². The number of carbonyl (C=O) groups is 3. The van der Waals surface area contributed by atoms with Crippen molar-refractivity contribution in [2.24, 2.45) is 5.92 Å². The molecule has 1 atom stereocenters. The first-order chi connectivity index (χ1) is 13.0. The Morgan fingerprint density at radius 2 is 1.93 bits per heavy atom. The minimum absolute atomic E-state index is 0.178. The molecular formula is C21H30N2O5. The molecular weight excluding hydrogens is 360 g/mol. The lowest BCUT2D eigenvalue weighted by Gasteiger charge is -2.33. The van der Waals surface area contributed by atoms with E-state index in [-0.39, 0.29) is 17.9 Å². The Bertz CT molecular complexity index is 724. The van der Waals surface area contributed by atoms with Gasteiger partial charge in [-0.1, -0.05) is 6.07 Å². The number of esters is 1. The number of likely N-dealkylation sites (tertiary alicyclic amines) is 1. The number of ether oxygens (including phenoxy) is 2. The number of carbonyl (C=O) groups excluding carboxylic acids is 3. The number of amides is 2. The van der Waals surface area contributed by atoms with Crippen LogP contribution in [0.1, 0.15) is 57.8 Å². The summed E-state index contributed by atoms with van der Waals surface area (Å²) >= 11 is 0. The molecule has 0 spiro atoms. The Morgan fingerprint density at radius 3 is 2.57 bits per heavy atom. The van der Waals surface area contributed by atoms with E-state index in [9.17, 15) is 14.4 Å². The number of piperidine rings is 1. The highest BCUT2D eigenvalue weighted by Gasteiger charge is 2.31. The second-order valence-electron chi connectivity index (χ2n) is 8.29. The molecule has 2 amide bonds. The van der Waals surface area contributed by atoms with Crippen molar-refractivity contribution in [1.82, 2.24) is 4.90 Å². The molecule has 1 aliphatic heterocycles. The third kappa shape index (κ3) is 6.55. The van der Waals surface area contributed by atoms with E-state index in [2.05, 4.69) is 5.32 Å². The number of benzene rings is 1. The van der Waals surface area contributed by atoms with Crippen molar-refractivity contribution in [2.45, 2.75) is 59.2 Å². The molecule has 7 heteroatoms. The van der Waals surface area contributed by atoms with Gasteiger partial charge in [-0.15, -0.1) is 0 Å². The number of hydrogen-bond donors (Lipinski definition) is 1. The molecule has 28 heavy (non-hydrogen) atoms. The van der Waals surface area contributed by atoms with Crippen LogP contribution in [0.4, 0.5) is 10.5 Å². The fourth-order valence-corrected chi connectivity index (χ4v) is 2.93. The summed E-state index contributed by atoms with van der Waals surface area (Å²) in [5.74, 6) is -0.935. The van der Waals surface area contributed by atoms with Crippen LogP contribution in [-0.4, -0.2) is 47.7 Å². The third-order valence-electron chi connectivity index (χ3n) is 4.15. The Hall–Kier alpha value is -2.57. The molecule has 1 aliphatic rings. The van der Waals surface area contributed by atoms with Crippen molar-refractivity contribution in [1.29, 1.82) is 0 Å². The van der Waals surface area contributed by atoms with Gasteiger partial charge in [0, 0.05) is 18.8 Å². The smallest absolute Gasteiger partial charge is 0.410 e. The second-order valence-corrected chi connectivity index (χ2v) is 8.29. The summed E-state index contributed by atoms with van der Waals surface area (Å²) in [7, 11) is 0. The molecule has 1 unspecified atom stereocenters. The summed E-state index contributed by atoms with van der Waals surface area (Å²) < 4.78 is 10.6. The van der Waals surface area contributed by atoms with Gasteiger partial charge in [-0.2, -0.15) is 0 Å². The van der Waals surface area contributed by atoms with Gasteiger partial charge in [0.25, 0.3) is 0 Å². The second kappa shape index (κ2) is 9.08. The highest BCUT2D eigenvalue weighted by molar-refractivity contribution is 5.95. The molecule has 1 aromatic rings. The van der Waals surface area contributed by atoms with Crippen molar-refractivity contribution in [2.75, 3.05) is 18.4 Å². The van der Waals surface area contributed by atoms with E-state index in [1.807, 2.05) is 20.8 Å². The molecule has 0 radical (unpaired) electrons. The average molecular weight is 390 g/mol. The molecule has 1 saturated heterocycles. The van der Waals surface area contributed by atoms with Crippen LogP contribution < -0.4 is 5.32 Å². The fraction of sp³-hybridized carbons (Fsp3) is 0.571. The predicted octanol–water partition coefficient (Wildman–Crippen LogP) is 3.84. The van der Waals surface area contributed by atoms with Crippen LogP contribution in [0.5, 0.6) is 0 Å². The zero-order valence-electron chi connectivity index (χ0n) is 17.3. The van der Waals surface area contributed by atoms with E-state index in [0.29, 0.717) is 30.8 Å². The minimum atomic E-state index is -0.572. The molecule has 0 saturated carbocycles. The first-order valence-corrected chi connectivity index (χ1v) is 9.65. The van der Waals surface area contributed by atoms with E-state index in [4.69, 9.17) is 9.47 Å². The van der Waals surface area contributed by atoms with Gasteiger partial charge in [0.2, 0.25) is 5.91 Å². The van der Waals surface area contributed by atoms with E-state index in [0.717, 1.165) is 6.42 Å². The minimum Gasteiger partial charge on any atom is -0.459 e. The SMILES string of the molecule is CC(C)OC(=O)c1cccc(NC(=O)C2CCCN(C(=O)OC(C)(C)C)C2)c1. The maximum atomic E-state index is 12.7. The summed E-state index contributed by atoms with van der Waals surface area (Å²) in [5, 5.41) is 2.84. The van der Waals surface area contributed by atoms with Crippen molar-refractivity contribution in [3.8, 4) is 0 Å². The number of nitrogens with zero attached hydrogens (tertiary/aromatic N) is 1. The van der Waals surface area contributed by atoms with E-state index in [1.165, 1.54) is 0 Å². The lowest BCUT2D eigenvalue weighted by molar-refractivity contribution is -0.121. The zero-order chi connectivity index (χ0) is 20.9. The molecule has 1 N–H and O–H groups in total. The van der Waals surface area contributed by atoms with Crippen LogP contribution in [0.25, 0.3) is 0 Å². The molecule has 7 nitrogen and oxygen atoms in total. The molecule has 0 bridgehead atoms. The molecule has 0 aromatic heterocycles. The zero-order valence-corrected chi connectivity index (χ0v) is 17.3. The molecule has 1 aromatic carbocycles.